The SMILES string of the molecule is CCN(CCC1CCCC1(CO)NC)CC(F)(F)F. The Kier molecular flexibility index (Phi) is 6.08. The van der Waals surface area contributed by atoms with Gasteiger partial charge in [-0.05, 0) is 45.3 Å². The van der Waals surface area contributed by atoms with E-state index in [-0.39, 0.29) is 18.1 Å². The number of aliphatic hydroxyl groups excluding tert-OH is 1. The number of nitrogens with one attached hydrogen (secondary N) is 1. The summed E-state index contributed by atoms with van der Waals surface area (Å²) < 4.78 is 37.2. The zero-order chi connectivity index (χ0) is 14.5. The lowest BCUT2D eigenvalue weighted by molar-refractivity contribution is -0.146. The molecule has 0 spiro atoms. The Labute approximate surface area is 113 Å². The van der Waals surface area contributed by atoms with Crippen molar-refractivity contribution < 1.29 is 18.3 Å². The van der Waals surface area contributed by atoms with Crippen LogP contribution in [0.15, 0.2) is 0 Å². The van der Waals surface area contributed by atoms with Crippen molar-refractivity contribution in [3.05, 3.63) is 0 Å². The molecule has 2 N–H and O–H groups in total. The smallest absolute Gasteiger partial charge is 0.394 e. The van der Waals surface area contributed by atoms with Crippen molar-refractivity contribution in [2.24, 2.45) is 5.92 Å². The van der Waals surface area contributed by atoms with Crippen molar-refractivity contribution in [2.45, 2.75) is 44.3 Å². The van der Waals surface area contributed by atoms with Crippen LogP contribution in [0.3, 0.4) is 0 Å². The summed E-state index contributed by atoms with van der Waals surface area (Å²) in [5.41, 5.74) is -0.294. The third kappa shape index (κ3) is 4.61. The van der Waals surface area contributed by atoms with Crippen LogP contribution in [0.2, 0.25) is 0 Å². The molecule has 2 atom stereocenters. The molecule has 0 bridgehead atoms. The number of halogens is 3. The van der Waals surface area contributed by atoms with Gasteiger partial charge in [-0.3, -0.25) is 4.90 Å². The van der Waals surface area contributed by atoms with Gasteiger partial charge in [0.05, 0.1) is 13.2 Å². The second-order valence-corrected chi connectivity index (χ2v) is 5.43. The summed E-state index contributed by atoms with van der Waals surface area (Å²) in [6.45, 7) is 1.79. The first-order chi connectivity index (χ1) is 8.87. The van der Waals surface area contributed by atoms with Gasteiger partial charge in [-0.15, -0.1) is 0 Å². The van der Waals surface area contributed by atoms with Crippen molar-refractivity contribution >= 4 is 0 Å². The molecule has 2 unspecified atom stereocenters. The van der Waals surface area contributed by atoms with Gasteiger partial charge in [0.25, 0.3) is 0 Å². The molecule has 0 aliphatic heterocycles. The molecular formula is C13H25F3N2O. The molecular weight excluding hydrogens is 257 g/mol. The van der Waals surface area contributed by atoms with E-state index in [0.29, 0.717) is 19.5 Å². The molecule has 0 aromatic carbocycles. The Morgan fingerprint density at radius 1 is 1.42 bits per heavy atom. The van der Waals surface area contributed by atoms with E-state index < -0.39 is 12.7 Å². The van der Waals surface area contributed by atoms with Crippen molar-refractivity contribution in [3.8, 4) is 0 Å². The van der Waals surface area contributed by atoms with Crippen LogP contribution in [-0.2, 0) is 0 Å². The van der Waals surface area contributed by atoms with Crippen molar-refractivity contribution in [1.82, 2.24) is 10.2 Å². The summed E-state index contributed by atoms with van der Waals surface area (Å²) in [6.07, 6.45) is -0.535. The first-order valence-electron chi connectivity index (χ1n) is 6.95. The van der Waals surface area contributed by atoms with Gasteiger partial charge in [-0.1, -0.05) is 13.3 Å². The highest BCUT2D eigenvalue weighted by atomic mass is 19.4. The van der Waals surface area contributed by atoms with Gasteiger partial charge < -0.3 is 10.4 Å². The van der Waals surface area contributed by atoms with E-state index in [1.165, 1.54) is 4.90 Å². The fourth-order valence-electron chi connectivity index (χ4n) is 3.12. The molecule has 0 aromatic heterocycles. The molecule has 0 aromatic rings. The number of nitrogens with zero attached hydrogens (tertiary/aromatic N) is 1. The highest BCUT2D eigenvalue weighted by Crippen LogP contribution is 2.37. The summed E-state index contributed by atoms with van der Waals surface area (Å²) >= 11 is 0. The summed E-state index contributed by atoms with van der Waals surface area (Å²) in [7, 11) is 1.82. The molecule has 1 aliphatic rings. The largest absolute Gasteiger partial charge is 0.401 e. The summed E-state index contributed by atoms with van der Waals surface area (Å²) in [4.78, 5) is 1.43. The molecule has 0 radical (unpaired) electrons. The lowest BCUT2D eigenvalue weighted by Gasteiger charge is -2.35. The van der Waals surface area contributed by atoms with E-state index in [2.05, 4.69) is 5.32 Å². The maximum atomic E-state index is 12.4. The molecule has 6 heteroatoms. The molecule has 1 aliphatic carbocycles. The summed E-state index contributed by atoms with van der Waals surface area (Å²) in [5.74, 6) is 0.254. The zero-order valence-electron chi connectivity index (χ0n) is 11.8. The minimum Gasteiger partial charge on any atom is -0.394 e. The van der Waals surface area contributed by atoms with Crippen LogP contribution in [0, 0.1) is 5.92 Å². The third-order valence-corrected chi connectivity index (χ3v) is 4.38. The first kappa shape index (κ1) is 16.7. The number of hydrogen-bond acceptors (Lipinski definition) is 3. The zero-order valence-corrected chi connectivity index (χ0v) is 11.8. The van der Waals surface area contributed by atoms with E-state index in [1.54, 1.807) is 6.92 Å². The van der Waals surface area contributed by atoms with E-state index >= 15 is 0 Å². The quantitative estimate of drug-likeness (QED) is 0.750. The van der Waals surface area contributed by atoms with E-state index in [1.807, 2.05) is 7.05 Å². The van der Waals surface area contributed by atoms with Gasteiger partial charge in [0.1, 0.15) is 0 Å². The lowest BCUT2D eigenvalue weighted by Crippen LogP contribution is -2.50. The minimum absolute atomic E-state index is 0.0551. The number of hydrogen-bond donors (Lipinski definition) is 2. The van der Waals surface area contributed by atoms with Crippen LogP contribution in [0.4, 0.5) is 13.2 Å². The van der Waals surface area contributed by atoms with E-state index in [0.717, 1.165) is 19.3 Å². The lowest BCUT2D eigenvalue weighted by atomic mass is 9.85. The predicted molar refractivity (Wildman–Crippen MR) is 69.0 cm³/mol. The van der Waals surface area contributed by atoms with Crippen LogP contribution in [0.5, 0.6) is 0 Å². The van der Waals surface area contributed by atoms with E-state index in [9.17, 15) is 18.3 Å². The molecule has 1 fully saturated rings. The molecule has 1 rings (SSSR count). The highest BCUT2D eigenvalue weighted by molar-refractivity contribution is 4.98. The Bertz CT molecular complexity index is 267. The number of aliphatic hydroxyl groups is 1. The Balaban J connectivity index is 2.50. The first-order valence-corrected chi connectivity index (χ1v) is 6.95. The molecule has 0 saturated heterocycles. The fourth-order valence-corrected chi connectivity index (χ4v) is 3.12. The highest BCUT2D eigenvalue weighted by Gasteiger charge is 2.41. The van der Waals surface area contributed by atoms with Gasteiger partial charge in [-0.25, -0.2) is 0 Å². The van der Waals surface area contributed by atoms with Gasteiger partial charge in [0.15, 0.2) is 0 Å². The van der Waals surface area contributed by atoms with Gasteiger partial charge >= 0.3 is 6.18 Å². The Hall–Kier alpha value is -0.330. The maximum absolute atomic E-state index is 12.4. The van der Waals surface area contributed by atoms with E-state index in [4.69, 9.17) is 0 Å². The van der Waals surface area contributed by atoms with Crippen LogP contribution < -0.4 is 5.32 Å². The number of alkyl halides is 3. The second-order valence-electron chi connectivity index (χ2n) is 5.43. The summed E-state index contributed by atoms with van der Waals surface area (Å²) in [6, 6.07) is 0. The molecule has 19 heavy (non-hydrogen) atoms. The molecule has 114 valence electrons. The average Bonchev–Trinajstić information content (AvgIpc) is 2.76. The monoisotopic (exact) mass is 282 g/mol. The predicted octanol–water partition coefficient (Wildman–Crippen LogP) is 2.01. The van der Waals surface area contributed by atoms with Gasteiger partial charge in [-0.2, -0.15) is 13.2 Å². The second kappa shape index (κ2) is 6.90. The molecule has 3 nitrogen and oxygen atoms in total. The van der Waals surface area contributed by atoms with Crippen LogP contribution in [0.1, 0.15) is 32.6 Å². The molecule has 1 saturated carbocycles. The van der Waals surface area contributed by atoms with Gasteiger partial charge in [0, 0.05) is 5.54 Å². The topological polar surface area (TPSA) is 35.5 Å². The van der Waals surface area contributed by atoms with Crippen molar-refractivity contribution in [2.75, 3.05) is 33.3 Å². The normalized spacial score (nSPS) is 28.3. The van der Waals surface area contributed by atoms with Crippen LogP contribution in [-0.4, -0.2) is 55.0 Å². The van der Waals surface area contributed by atoms with Crippen molar-refractivity contribution in [3.63, 3.8) is 0 Å². The van der Waals surface area contributed by atoms with Crippen LogP contribution in [0.25, 0.3) is 0 Å². The average molecular weight is 282 g/mol. The number of rotatable bonds is 7. The Morgan fingerprint density at radius 2 is 2.11 bits per heavy atom. The fraction of sp³-hybridized carbons (Fsp3) is 1.00. The van der Waals surface area contributed by atoms with Crippen molar-refractivity contribution in [1.29, 1.82) is 0 Å². The Morgan fingerprint density at radius 3 is 2.58 bits per heavy atom. The number of likely N-dealkylation sites (N-methyl/N-ethyl adjacent to an activating group) is 1. The molecule has 0 amide bonds. The molecule has 0 heterocycles. The third-order valence-electron chi connectivity index (χ3n) is 4.38. The maximum Gasteiger partial charge on any atom is 0.401 e. The summed E-state index contributed by atoms with van der Waals surface area (Å²) in [5, 5.41) is 12.7. The minimum atomic E-state index is -4.14. The van der Waals surface area contributed by atoms with Gasteiger partial charge in [0.2, 0.25) is 0 Å². The van der Waals surface area contributed by atoms with Crippen LogP contribution >= 0.6 is 0 Å². The standard InChI is InChI=1S/C13H25F3N2O/c1-3-18(9-13(14,15)16)8-6-11-5-4-7-12(11,10-19)17-2/h11,17,19H,3-10H2,1-2H3.